The van der Waals surface area contributed by atoms with E-state index in [1.807, 2.05) is 7.05 Å². The Labute approximate surface area is 210 Å². The van der Waals surface area contributed by atoms with Crippen molar-refractivity contribution in [2.24, 2.45) is 4.99 Å². The van der Waals surface area contributed by atoms with Gasteiger partial charge in [-0.3, -0.25) is 4.99 Å². The van der Waals surface area contributed by atoms with Crippen LogP contribution in [0.5, 0.6) is 0 Å². The summed E-state index contributed by atoms with van der Waals surface area (Å²) in [6.45, 7) is 7.76. The third-order valence-electron chi connectivity index (χ3n) is 6.18. The predicted octanol–water partition coefficient (Wildman–Crippen LogP) is 3.26. The molecule has 0 bridgehead atoms. The number of hydrogen-bond acceptors (Lipinski definition) is 5. The van der Waals surface area contributed by atoms with Crippen LogP contribution in [-0.2, 0) is 14.2 Å². The van der Waals surface area contributed by atoms with Crippen LogP contribution in [0.4, 0.5) is 0 Å². The Morgan fingerprint density at radius 1 is 1.19 bits per heavy atom. The van der Waals surface area contributed by atoms with Crippen molar-refractivity contribution in [2.75, 3.05) is 53.2 Å². The van der Waals surface area contributed by atoms with Crippen LogP contribution < -0.4 is 16.0 Å². The molecule has 2 fully saturated rings. The van der Waals surface area contributed by atoms with Crippen molar-refractivity contribution < 1.29 is 14.2 Å². The van der Waals surface area contributed by atoms with Crippen molar-refractivity contribution in [1.29, 1.82) is 0 Å². The molecule has 2 heterocycles. The van der Waals surface area contributed by atoms with Gasteiger partial charge in [-0.05, 0) is 44.6 Å². The molecule has 2 atom stereocenters. The number of rotatable bonds is 11. The molecule has 32 heavy (non-hydrogen) atoms. The third kappa shape index (κ3) is 9.13. The van der Waals surface area contributed by atoms with Crippen LogP contribution in [0.1, 0.15) is 50.6 Å². The summed E-state index contributed by atoms with van der Waals surface area (Å²) in [5.74, 6) is 0.833. The minimum atomic E-state index is -0.0183. The van der Waals surface area contributed by atoms with Crippen LogP contribution in [0.15, 0.2) is 35.3 Å². The summed E-state index contributed by atoms with van der Waals surface area (Å²) in [7, 11) is 1.82. The number of aliphatic imine (C=N–C) groups is 1. The molecule has 2 aliphatic rings. The summed E-state index contributed by atoms with van der Waals surface area (Å²) in [4.78, 5) is 4.40. The van der Waals surface area contributed by atoms with Gasteiger partial charge in [-0.2, -0.15) is 0 Å². The lowest BCUT2D eigenvalue weighted by Gasteiger charge is -2.41. The molecule has 2 saturated heterocycles. The van der Waals surface area contributed by atoms with Crippen molar-refractivity contribution in [2.45, 2.75) is 56.7 Å². The Morgan fingerprint density at radius 2 is 1.97 bits per heavy atom. The second-order valence-electron chi connectivity index (χ2n) is 8.59. The van der Waals surface area contributed by atoms with E-state index in [0.29, 0.717) is 12.7 Å². The quantitative estimate of drug-likeness (QED) is 0.167. The Balaban J connectivity index is 0.00000363. The number of guanidine groups is 1. The van der Waals surface area contributed by atoms with Crippen molar-refractivity contribution in [1.82, 2.24) is 16.0 Å². The Bertz CT molecular complexity index is 650. The SMILES string of the molecule is CN=C(NCCCOCC1CCCO1)NCC1(NC(C)c2ccccc2)CCOCC1.I. The number of nitrogens with zero attached hydrogens (tertiary/aromatic N) is 1. The van der Waals surface area contributed by atoms with Gasteiger partial charge in [0.15, 0.2) is 5.96 Å². The molecule has 1 aromatic rings. The standard InChI is InChI=1S/C24H40N4O3.HI/c1-20(21-8-4-3-5-9-21)28-24(11-16-29-17-12-24)19-27-23(25-2)26-13-7-14-30-18-22-10-6-15-31-22;/h3-5,8-9,20,22,28H,6-7,10-19H2,1-2H3,(H2,25,26,27);1H. The topological polar surface area (TPSA) is 76.1 Å². The summed E-state index contributed by atoms with van der Waals surface area (Å²) in [6.07, 6.45) is 5.47. The second-order valence-corrected chi connectivity index (χ2v) is 8.59. The molecule has 2 aliphatic heterocycles. The molecule has 7 nitrogen and oxygen atoms in total. The van der Waals surface area contributed by atoms with Gasteiger partial charge in [-0.1, -0.05) is 30.3 Å². The van der Waals surface area contributed by atoms with E-state index >= 15 is 0 Å². The fourth-order valence-electron chi connectivity index (χ4n) is 4.26. The van der Waals surface area contributed by atoms with Crippen LogP contribution in [0, 0.1) is 0 Å². The maximum absolute atomic E-state index is 5.74. The Hall–Kier alpha value is -0.940. The van der Waals surface area contributed by atoms with Gasteiger partial charge in [0.1, 0.15) is 0 Å². The molecular formula is C24H41IN4O3. The summed E-state index contributed by atoms with van der Waals surface area (Å²) < 4.78 is 17.0. The van der Waals surface area contributed by atoms with E-state index < -0.39 is 0 Å². The summed E-state index contributed by atoms with van der Waals surface area (Å²) in [5, 5.41) is 10.8. The highest BCUT2D eigenvalue weighted by atomic mass is 127. The molecule has 182 valence electrons. The van der Waals surface area contributed by atoms with Gasteiger partial charge >= 0.3 is 0 Å². The number of halogens is 1. The highest BCUT2D eigenvalue weighted by molar-refractivity contribution is 14.0. The number of benzene rings is 1. The molecule has 0 saturated carbocycles. The van der Waals surface area contributed by atoms with Crippen molar-refractivity contribution >= 4 is 29.9 Å². The van der Waals surface area contributed by atoms with Crippen molar-refractivity contribution in [3.05, 3.63) is 35.9 Å². The van der Waals surface area contributed by atoms with E-state index in [4.69, 9.17) is 14.2 Å². The van der Waals surface area contributed by atoms with Gasteiger partial charge in [0.25, 0.3) is 0 Å². The minimum absolute atomic E-state index is 0. The van der Waals surface area contributed by atoms with E-state index in [2.05, 4.69) is 58.2 Å². The van der Waals surface area contributed by atoms with Gasteiger partial charge in [0.2, 0.25) is 0 Å². The average Bonchev–Trinajstić information content (AvgIpc) is 3.33. The Kier molecular flexibility index (Phi) is 12.8. The zero-order valence-electron chi connectivity index (χ0n) is 19.6. The predicted molar refractivity (Wildman–Crippen MR) is 140 cm³/mol. The first-order valence-corrected chi connectivity index (χ1v) is 11.7. The van der Waals surface area contributed by atoms with E-state index in [-0.39, 0.29) is 35.6 Å². The molecule has 0 radical (unpaired) electrons. The summed E-state index contributed by atoms with van der Waals surface area (Å²) in [6, 6.07) is 10.9. The largest absolute Gasteiger partial charge is 0.381 e. The summed E-state index contributed by atoms with van der Waals surface area (Å²) in [5.41, 5.74) is 1.29. The zero-order valence-corrected chi connectivity index (χ0v) is 21.9. The monoisotopic (exact) mass is 560 g/mol. The Morgan fingerprint density at radius 3 is 2.66 bits per heavy atom. The first-order valence-electron chi connectivity index (χ1n) is 11.7. The minimum Gasteiger partial charge on any atom is -0.381 e. The van der Waals surface area contributed by atoms with E-state index in [1.165, 1.54) is 5.56 Å². The average molecular weight is 561 g/mol. The molecule has 3 N–H and O–H groups in total. The lowest BCUT2D eigenvalue weighted by Crippen LogP contribution is -2.58. The molecular weight excluding hydrogens is 519 g/mol. The molecule has 2 unspecified atom stereocenters. The van der Waals surface area contributed by atoms with Crippen molar-refractivity contribution in [3.63, 3.8) is 0 Å². The molecule has 1 aromatic carbocycles. The molecule has 0 aliphatic carbocycles. The van der Waals surface area contributed by atoms with Gasteiger partial charge in [-0.15, -0.1) is 24.0 Å². The fourth-order valence-corrected chi connectivity index (χ4v) is 4.26. The number of hydrogen-bond donors (Lipinski definition) is 3. The fraction of sp³-hybridized carbons (Fsp3) is 0.708. The molecule has 8 heteroatoms. The van der Waals surface area contributed by atoms with E-state index in [0.717, 1.165) is 77.6 Å². The van der Waals surface area contributed by atoms with Crippen LogP contribution in [0.25, 0.3) is 0 Å². The maximum atomic E-state index is 5.74. The normalized spacial score (nSPS) is 21.6. The number of ether oxygens (including phenoxy) is 3. The van der Waals surface area contributed by atoms with Gasteiger partial charge in [-0.25, -0.2) is 0 Å². The first-order chi connectivity index (χ1) is 15.2. The second kappa shape index (κ2) is 15.1. The zero-order chi connectivity index (χ0) is 21.8. The van der Waals surface area contributed by atoms with Gasteiger partial charge in [0, 0.05) is 58.1 Å². The van der Waals surface area contributed by atoms with Gasteiger partial charge < -0.3 is 30.2 Å². The lowest BCUT2D eigenvalue weighted by molar-refractivity contribution is 0.0168. The van der Waals surface area contributed by atoms with E-state index in [9.17, 15) is 0 Å². The van der Waals surface area contributed by atoms with Crippen molar-refractivity contribution in [3.8, 4) is 0 Å². The molecule has 3 rings (SSSR count). The van der Waals surface area contributed by atoms with Crippen LogP contribution in [0.3, 0.4) is 0 Å². The molecule has 0 aromatic heterocycles. The maximum Gasteiger partial charge on any atom is 0.191 e. The molecule has 0 spiro atoms. The van der Waals surface area contributed by atoms with Crippen LogP contribution in [-0.4, -0.2) is 70.8 Å². The van der Waals surface area contributed by atoms with Gasteiger partial charge in [0.05, 0.1) is 12.7 Å². The highest BCUT2D eigenvalue weighted by Gasteiger charge is 2.34. The van der Waals surface area contributed by atoms with E-state index in [1.54, 1.807) is 0 Å². The van der Waals surface area contributed by atoms with Crippen LogP contribution in [0.2, 0.25) is 0 Å². The lowest BCUT2D eigenvalue weighted by atomic mass is 9.88. The van der Waals surface area contributed by atoms with Crippen LogP contribution >= 0.6 is 24.0 Å². The third-order valence-corrected chi connectivity index (χ3v) is 6.18. The summed E-state index contributed by atoms with van der Waals surface area (Å²) >= 11 is 0. The number of nitrogens with one attached hydrogen (secondary N) is 3. The highest BCUT2D eigenvalue weighted by Crippen LogP contribution is 2.25. The first kappa shape index (κ1) is 27.3. The smallest absolute Gasteiger partial charge is 0.191 e. The molecule has 0 amide bonds.